The number of hydrazone groups is 1. The van der Waals surface area contributed by atoms with Gasteiger partial charge in [-0.05, 0) is 48.7 Å². The van der Waals surface area contributed by atoms with E-state index in [4.69, 9.17) is 10.00 Å². The molecule has 0 atom stereocenters. The van der Waals surface area contributed by atoms with Gasteiger partial charge in [-0.25, -0.2) is 5.43 Å². The smallest absolute Gasteiger partial charge is 0.277 e. The molecule has 0 aliphatic heterocycles. The average molecular weight is 307 g/mol. The number of ether oxygens (including phenoxy) is 1. The molecule has 1 N–H and O–H groups in total. The highest BCUT2D eigenvalue weighted by molar-refractivity contribution is 5.83. The Hall–Kier alpha value is -3.13. The number of hydrogen-bond donors (Lipinski definition) is 1. The summed E-state index contributed by atoms with van der Waals surface area (Å²) in [5.74, 6) is 0.354. The molecule has 23 heavy (non-hydrogen) atoms. The van der Waals surface area contributed by atoms with E-state index < -0.39 is 0 Å². The Kier molecular flexibility index (Phi) is 5.48. The number of nitrogens with one attached hydrogen (secondary N) is 1. The quantitative estimate of drug-likeness (QED) is 0.681. The fraction of sp³-hybridized carbons (Fsp3) is 0.167. The van der Waals surface area contributed by atoms with Gasteiger partial charge in [-0.2, -0.15) is 10.4 Å². The van der Waals surface area contributed by atoms with E-state index in [9.17, 15) is 4.79 Å². The third kappa shape index (κ3) is 4.97. The molecule has 0 bridgehead atoms. The van der Waals surface area contributed by atoms with Gasteiger partial charge < -0.3 is 4.74 Å². The van der Waals surface area contributed by atoms with Crippen LogP contribution in [0.2, 0.25) is 0 Å². The summed E-state index contributed by atoms with van der Waals surface area (Å²) in [5.41, 5.74) is 5.82. The summed E-state index contributed by atoms with van der Waals surface area (Å²) in [6.45, 7) is 3.79. The Balaban J connectivity index is 1.83. The molecular weight excluding hydrogens is 290 g/mol. The highest BCUT2D eigenvalue weighted by atomic mass is 16.5. The largest absolute Gasteiger partial charge is 0.483 e. The molecule has 5 nitrogen and oxygen atoms in total. The number of rotatable bonds is 5. The molecular formula is C18H17N3O2. The van der Waals surface area contributed by atoms with Crippen molar-refractivity contribution in [3.8, 4) is 11.8 Å². The van der Waals surface area contributed by atoms with Gasteiger partial charge in [0.15, 0.2) is 6.61 Å². The number of amides is 1. The maximum absolute atomic E-state index is 11.7. The highest BCUT2D eigenvalue weighted by Crippen LogP contribution is 2.18. The van der Waals surface area contributed by atoms with E-state index in [1.54, 1.807) is 24.3 Å². The zero-order valence-corrected chi connectivity index (χ0v) is 13.0. The predicted octanol–water partition coefficient (Wildman–Crippen LogP) is 2.70. The summed E-state index contributed by atoms with van der Waals surface area (Å²) in [6.07, 6.45) is 1.51. The molecule has 2 rings (SSSR count). The van der Waals surface area contributed by atoms with Crippen LogP contribution in [0.5, 0.6) is 5.75 Å². The van der Waals surface area contributed by atoms with Crippen LogP contribution >= 0.6 is 0 Å². The van der Waals surface area contributed by atoms with Crippen LogP contribution in [0.25, 0.3) is 0 Å². The fourth-order valence-corrected chi connectivity index (χ4v) is 1.86. The van der Waals surface area contributed by atoms with E-state index in [-0.39, 0.29) is 12.5 Å². The van der Waals surface area contributed by atoms with Gasteiger partial charge in [0, 0.05) is 0 Å². The van der Waals surface area contributed by atoms with Gasteiger partial charge in [0.2, 0.25) is 0 Å². The van der Waals surface area contributed by atoms with Crippen molar-refractivity contribution >= 4 is 12.1 Å². The minimum Gasteiger partial charge on any atom is -0.483 e. The van der Waals surface area contributed by atoms with Crippen molar-refractivity contribution < 1.29 is 9.53 Å². The molecule has 0 aliphatic rings. The lowest BCUT2D eigenvalue weighted by atomic mass is 10.1. The summed E-state index contributed by atoms with van der Waals surface area (Å²) in [4.78, 5) is 11.7. The van der Waals surface area contributed by atoms with Crippen LogP contribution in [-0.4, -0.2) is 18.7 Å². The van der Waals surface area contributed by atoms with Crippen molar-refractivity contribution in [3.63, 3.8) is 0 Å². The van der Waals surface area contributed by atoms with Gasteiger partial charge in [0.25, 0.3) is 5.91 Å². The summed E-state index contributed by atoms with van der Waals surface area (Å²) in [7, 11) is 0. The molecule has 116 valence electrons. The number of carbonyl (C=O) groups excluding carboxylic acids is 1. The van der Waals surface area contributed by atoms with Gasteiger partial charge in [-0.15, -0.1) is 0 Å². The first-order valence-corrected chi connectivity index (χ1v) is 7.10. The van der Waals surface area contributed by atoms with E-state index in [0.717, 1.165) is 16.7 Å². The second-order valence-corrected chi connectivity index (χ2v) is 5.08. The van der Waals surface area contributed by atoms with E-state index in [1.807, 2.05) is 38.1 Å². The molecule has 0 spiro atoms. The molecule has 0 heterocycles. The topological polar surface area (TPSA) is 74.5 Å². The number of nitrogens with zero attached hydrogens (tertiary/aromatic N) is 2. The lowest BCUT2D eigenvalue weighted by Crippen LogP contribution is -2.24. The Morgan fingerprint density at radius 3 is 2.70 bits per heavy atom. The molecule has 0 aromatic heterocycles. The van der Waals surface area contributed by atoms with Crippen LogP contribution < -0.4 is 10.2 Å². The van der Waals surface area contributed by atoms with Gasteiger partial charge in [-0.1, -0.05) is 24.3 Å². The van der Waals surface area contributed by atoms with Crippen LogP contribution in [0.15, 0.2) is 47.6 Å². The van der Waals surface area contributed by atoms with Crippen LogP contribution in [0.4, 0.5) is 0 Å². The summed E-state index contributed by atoms with van der Waals surface area (Å²) < 4.78 is 5.49. The Morgan fingerprint density at radius 1 is 1.26 bits per heavy atom. The minimum absolute atomic E-state index is 0.102. The predicted molar refractivity (Wildman–Crippen MR) is 88.3 cm³/mol. The molecule has 0 saturated heterocycles. The number of aryl methyl sites for hydroxylation is 2. The average Bonchev–Trinajstić information content (AvgIpc) is 2.56. The van der Waals surface area contributed by atoms with E-state index in [2.05, 4.69) is 10.5 Å². The zero-order valence-electron chi connectivity index (χ0n) is 13.0. The first-order chi connectivity index (χ1) is 11.1. The lowest BCUT2D eigenvalue weighted by molar-refractivity contribution is -0.123. The second kappa shape index (κ2) is 7.76. The number of hydrogen-bond acceptors (Lipinski definition) is 4. The maximum Gasteiger partial charge on any atom is 0.277 e. The highest BCUT2D eigenvalue weighted by Gasteiger charge is 2.04. The lowest BCUT2D eigenvalue weighted by Gasteiger charge is -2.08. The van der Waals surface area contributed by atoms with Crippen molar-refractivity contribution in [2.45, 2.75) is 13.8 Å². The van der Waals surface area contributed by atoms with Gasteiger partial charge in [0.05, 0.1) is 17.8 Å². The molecule has 0 radical (unpaired) electrons. The normalized spacial score (nSPS) is 10.3. The summed E-state index contributed by atoms with van der Waals surface area (Å²) in [5, 5.41) is 12.6. The standard InChI is InChI=1S/C18H17N3O2/c1-13-3-4-14(2)17(9-13)23-12-18(22)21-20-11-16-7-5-15(10-19)6-8-16/h3-9,11H,12H2,1-2H3,(H,21,22)/b20-11-. The van der Waals surface area contributed by atoms with E-state index in [0.29, 0.717) is 11.3 Å². The first kappa shape index (κ1) is 16.2. The minimum atomic E-state index is -0.337. The maximum atomic E-state index is 11.7. The van der Waals surface area contributed by atoms with E-state index in [1.165, 1.54) is 6.21 Å². The molecule has 0 fully saturated rings. The van der Waals surface area contributed by atoms with Crippen molar-refractivity contribution in [1.82, 2.24) is 5.43 Å². The second-order valence-electron chi connectivity index (χ2n) is 5.08. The molecule has 2 aromatic carbocycles. The molecule has 5 heteroatoms. The van der Waals surface area contributed by atoms with Gasteiger partial charge in [-0.3, -0.25) is 4.79 Å². The van der Waals surface area contributed by atoms with E-state index >= 15 is 0 Å². The SMILES string of the molecule is Cc1ccc(C)c(OCC(=O)N/N=C\c2ccc(C#N)cc2)c1. The van der Waals surface area contributed by atoms with Crippen molar-refractivity contribution in [1.29, 1.82) is 5.26 Å². The van der Waals surface area contributed by atoms with Crippen LogP contribution in [0, 0.1) is 25.2 Å². The number of benzene rings is 2. The molecule has 0 aliphatic carbocycles. The third-order valence-corrected chi connectivity index (χ3v) is 3.15. The fourth-order valence-electron chi connectivity index (χ4n) is 1.86. The Bertz CT molecular complexity index is 759. The van der Waals surface area contributed by atoms with Crippen LogP contribution in [0.3, 0.4) is 0 Å². The molecule has 0 unspecified atom stereocenters. The number of nitriles is 1. The van der Waals surface area contributed by atoms with Crippen molar-refractivity contribution in [3.05, 3.63) is 64.7 Å². The zero-order chi connectivity index (χ0) is 16.7. The van der Waals surface area contributed by atoms with Crippen molar-refractivity contribution in [2.75, 3.05) is 6.61 Å². The monoisotopic (exact) mass is 307 g/mol. The Morgan fingerprint density at radius 2 is 2.00 bits per heavy atom. The summed E-state index contributed by atoms with van der Waals surface area (Å²) in [6, 6.07) is 14.7. The van der Waals surface area contributed by atoms with Crippen LogP contribution in [0.1, 0.15) is 22.3 Å². The van der Waals surface area contributed by atoms with Gasteiger partial charge in [0.1, 0.15) is 5.75 Å². The molecule has 0 saturated carbocycles. The van der Waals surface area contributed by atoms with Gasteiger partial charge >= 0.3 is 0 Å². The third-order valence-electron chi connectivity index (χ3n) is 3.15. The van der Waals surface area contributed by atoms with Crippen LogP contribution in [-0.2, 0) is 4.79 Å². The first-order valence-electron chi connectivity index (χ1n) is 7.10. The molecule has 2 aromatic rings. The summed E-state index contributed by atoms with van der Waals surface area (Å²) >= 11 is 0. The Labute approximate surface area is 135 Å². The molecule has 1 amide bonds. The van der Waals surface area contributed by atoms with Crippen molar-refractivity contribution in [2.24, 2.45) is 5.10 Å². The number of carbonyl (C=O) groups is 1.